The normalized spacial score (nSPS) is 22.4. The Morgan fingerprint density at radius 3 is 2.04 bits per heavy atom. The summed E-state index contributed by atoms with van der Waals surface area (Å²) in [6, 6.07) is 5.76. The number of hydrogen-bond acceptors (Lipinski definition) is 1. The predicted molar refractivity (Wildman–Crippen MR) is 82.3 cm³/mol. The molecule has 0 radical (unpaired) electrons. The van der Waals surface area contributed by atoms with Crippen molar-refractivity contribution in [3.63, 3.8) is 0 Å². The minimum absolute atomic E-state index is 0.0533. The first-order chi connectivity index (χ1) is 11.2. The van der Waals surface area contributed by atoms with Crippen LogP contribution in [0.15, 0.2) is 24.3 Å². The Morgan fingerprint density at radius 1 is 0.958 bits per heavy atom. The molecule has 0 atom stereocenters. The van der Waals surface area contributed by atoms with Gasteiger partial charge in [-0.1, -0.05) is 25.5 Å². The highest BCUT2D eigenvalue weighted by Crippen LogP contribution is 2.44. The maximum atomic E-state index is 14.1. The van der Waals surface area contributed by atoms with Crippen molar-refractivity contribution in [3.8, 4) is 5.75 Å². The second-order valence-corrected chi connectivity index (χ2v) is 6.53. The van der Waals surface area contributed by atoms with E-state index < -0.39 is 18.2 Å². The highest BCUT2D eigenvalue weighted by atomic mass is 19.4. The first kappa shape index (κ1) is 19.0. The van der Waals surface area contributed by atoms with Crippen LogP contribution in [0.1, 0.15) is 63.4 Å². The van der Waals surface area contributed by atoms with E-state index in [1.165, 1.54) is 12.1 Å². The van der Waals surface area contributed by atoms with Crippen molar-refractivity contribution in [1.82, 2.24) is 0 Å². The zero-order chi connectivity index (χ0) is 17.8. The van der Waals surface area contributed by atoms with Gasteiger partial charge in [0.15, 0.2) is 0 Å². The van der Waals surface area contributed by atoms with Gasteiger partial charge in [0.1, 0.15) is 5.75 Å². The minimum atomic E-state index is -4.70. The Balaban J connectivity index is 1.90. The lowest BCUT2D eigenvalue weighted by Gasteiger charge is -2.34. The number of alkyl halides is 5. The summed E-state index contributed by atoms with van der Waals surface area (Å²) < 4.78 is 68.5. The number of halogens is 5. The Hall–Kier alpha value is -1.33. The van der Waals surface area contributed by atoms with E-state index in [0.717, 1.165) is 12.0 Å². The van der Waals surface area contributed by atoms with Crippen molar-refractivity contribution in [3.05, 3.63) is 29.8 Å². The largest absolute Gasteiger partial charge is 0.573 e. The summed E-state index contributed by atoms with van der Waals surface area (Å²) in [6.45, 7) is 1.90. The smallest absolute Gasteiger partial charge is 0.406 e. The summed E-state index contributed by atoms with van der Waals surface area (Å²) in [5.74, 6) is -3.31. The van der Waals surface area contributed by atoms with Gasteiger partial charge in [0.2, 0.25) is 0 Å². The fourth-order valence-electron chi connectivity index (χ4n) is 3.41. The van der Waals surface area contributed by atoms with Gasteiger partial charge in [0.25, 0.3) is 5.92 Å². The lowest BCUT2D eigenvalue weighted by Crippen LogP contribution is -2.31. The summed E-state index contributed by atoms with van der Waals surface area (Å²) >= 11 is 0. The molecular formula is C18H23F5O. The molecule has 0 unspecified atom stereocenters. The van der Waals surface area contributed by atoms with E-state index >= 15 is 0 Å². The van der Waals surface area contributed by atoms with Crippen molar-refractivity contribution in [2.45, 2.75) is 70.1 Å². The van der Waals surface area contributed by atoms with Crippen LogP contribution >= 0.6 is 0 Å². The third kappa shape index (κ3) is 5.35. The summed E-state index contributed by atoms with van der Waals surface area (Å²) in [6.07, 6.45) is -1.25. The molecule has 0 N–H and O–H groups in total. The molecule has 0 saturated heterocycles. The molecule has 0 spiro atoms. The third-order valence-electron chi connectivity index (χ3n) is 4.77. The number of rotatable bonds is 6. The van der Waals surface area contributed by atoms with Crippen LogP contribution < -0.4 is 4.74 Å². The Labute approximate surface area is 139 Å². The molecule has 1 aromatic carbocycles. The van der Waals surface area contributed by atoms with Gasteiger partial charge in [-0.3, -0.25) is 0 Å². The van der Waals surface area contributed by atoms with Crippen LogP contribution in [0.2, 0.25) is 0 Å². The molecule has 1 nitrogen and oxygen atoms in total. The van der Waals surface area contributed by atoms with Gasteiger partial charge in [0, 0.05) is 12.3 Å². The van der Waals surface area contributed by atoms with Crippen molar-refractivity contribution < 1.29 is 26.7 Å². The van der Waals surface area contributed by atoms with E-state index in [0.29, 0.717) is 32.1 Å². The summed E-state index contributed by atoms with van der Waals surface area (Å²) in [5, 5.41) is 0. The molecule has 0 aromatic heterocycles. The molecule has 136 valence electrons. The topological polar surface area (TPSA) is 9.23 Å². The molecule has 0 heterocycles. The minimum Gasteiger partial charge on any atom is -0.406 e. The zero-order valence-corrected chi connectivity index (χ0v) is 13.7. The molecule has 2 rings (SSSR count). The van der Waals surface area contributed by atoms with E-state index in [2.05, 4.69) is 4.74 Å². The van der Waals surface area contributed by atoms with Crippen molar-refractivity contribution >= 4 is 0 Å². The third-order valence-corrected chi connectivity index (χ3v) is 4.77. The van der Waals surface area contributed by atoms with E-state index in [1.807, 2.05) is 6.92 Å². The highest BCUT2D eigenvalue weighted by molar-refractivity contribution is 5.29. The molecule has 6 heteroatoms. The van der Waals surface area contributed by atoms with E-state index in [9.17, 15) is 22.0 Å². The van der Waals surface area contributed by atoms with Gasteiger partial charge in [-0.05, 0) is 55.7 Å². The SMILES string of the molecule is CCCCC(F)(F)[C@H]1CC[C@H](c2ccc(OC(F)(F)F)cc2)CC1. The van der Waals surface area contributed by atoms with Crippen LogP contribution in [0.3, 0.4) is 0 Å². The standard InChI is InChI=1S/C18H23F5O/c1-2-3-12-17(19,20)15-8-4-13(5-9-15)14-6-10-16(11-7-14)24-18(21,22)23/h6-7,10-11,13,15H,2-5,8-9,12H2,1H3/t13-,15-. The van der Waals surface area contributed by atoms with Crippen LogP contribution in [-0.2, 0) is 0 Å². The second-order valence-electron chi connectivity index (χ2n) is 6.53. The van der Waals surface area contributed by atoms with Crippen LogP contribution in [0, 0.1) is 5.92 Å². The van der Waals surface area contributed by atoms with Crippen molar-refractivity contribution in [2.75, 3.05) is 0 Å². The fraction of sp³-hybridized carbons (Fsp3) is 0.667. The lowest BCUT2D eigenvalue weighted by atomic mass is 9.75. The molecule has 1 saturated carbocycles. The average Bonchev–Trinajstić information content (AvgIpc) is 2.52. The van der Waals surface area contributed by atoms with Gasteiger partial charge >= 0.3 is 6.36 Å². The molecule has 1 aliphatic rings. The maximum absolute atomic E-state index is 14.1. The van der Waals surface area contributed by atoms with Gasteiger partial charge in [-0.2, -0.15) is 0 Å². The monoisotopic (exact) mass is 350 g/mol. The molecule has 1 aromatic rings. The van der Waals surface area contributed by atoms with Gasteiger partial charge < -0.3 is 4.74 Å². The Bertz CT molecular complexity index is 501. The number of hydrogen-bond donors (Lipinski definition) is 0. The Kier molecular flexibility index (Phi) is 6.10. The first-order valence-corrected chi connectivity index (χ1v) is 8.45. The summed E-state index contributed by atoms with van der Waals surface area (Å²) in [5.41, 5.74) is 0.889. The zero-order valence-electron chi connectivity index (χ0n) is 13.7. The van der Waals surface area contributed by atoms with Crippen molar-refractivity contribution in [1.29, 1.82) is 0 Å². The number of benzene rings is 1. The van der Waals surface area contributed by atoms with Gasteiger partial charge in [-0.15, -0.1) is 13.2 Å². The Morgan fingerprint density at radius 2 is 1.54 bits per heavy atom. The fourth-order valence-corrected chi connectivity index (χ4v) is 3.41. The lowest BCUT2D eigenvalue weighted by molar-refractivity contribution is -0.274. The van der Waals surface area contributed by atoms with Gasteiger partial charge in [0.05, 0.1) is 0 Å². The number of ether oxygens (including phenoxy) is 1. The van der Waals surface area contributed by atoms with E-state index in [1.54, 1.807) is 12.1 Å². The second kappa shape index (κ2) is 7.70. The van der Waals surface area contributed by atoms with Crippen LogP contribution in [0.5, 0.6) is 5.75 Å². The quantitative estimate of drug-likeness (QED) is 0.520. The first-order valence-electron chi connectivity index (χ1n) is 8.45. The van der Waals surface area contributed by atoms with Crippen LogP contribution in [-0.4, -0.2) is 12.3 Å². The maximum Gasteiger partial charge on any atom is 0.573 e. The van der Waals surface area contributed by atoms with Crippen LogP contribution in [0.4, 0.5) is 22.0 Å². The van der Waals surface area contributed by atoms with Crippen LogP contribution in [0.25, 0.3) is 0 Å². The predicted octanol–water partition coefficient (Wildman–Crippen LogP) is 6.68. The van der Waals surface area contributed by atoms with E-state index in [-0.39, 0.29) is 18.1 Å². The molecule has 1 aliphatic carbocycles. The van der Waals surface area contributed by atoms with E-state index in [4.69, 9.17) is 0 Å². The molecular weight excluding hydrogens is 327 g/mol. The molecule has 0 aliphatic heterocycles. The van der Waals surface area contributed by atoms with Gasteiger partial charge in [-0.25, -0.2) is 8.78 Å². The average molecular weight is 350 g/mol. The van der Waals surface area contributed by atoms with Crippen molar-refractivity contribution in [2.24, 2.45) is 5.92 Å². The molecule has 0 bridgehead atoms. The molecule has 1 fully saturated rings. The highest BCUT2D eigenvalue weighted by Gasteiger charge is 2.40. The summed E-state index contributed by atoms with van der Waals surface area (Å²) in [4.78, 5) is 0. The number of unbranched alkanes of at least 4 members (excludes halogenated alkanes) is 1. The molecule has 24 heavy (non-hydrogen) atoms. The summed E-state index contributed by atoms with van der Waals surface area (Å²) in [7, 11) is 0. The molecule has 0 amide bonds.